The number of rotatable bonds is 2. The maximum absolute atomic E-state index is 12.6. The van der Waals surface area contributed by atoms with Crippen molar-refractivity contribution < 1.29 is 23.0 Å². The molecule has 6 heteroatoms. The van der Waals surface area contributed by atoms with E-state index in [1.54, 1.807) is 0 Å². The van der Waals surface area contributed by atoms with Crippen LogP contribution in [0.15, 0.2) is 12.1 Å². The summed E-state index contributed by atoms with van der Waals surface area (Å²) < 4.78 is 42.5. The van der Waals surface area contributed by atoms with Gasteiger partial charge in [-0.3, -0.25) is 0 Å². The van der Waals surface area contributed by atoms with Gasteiger partial charge in [-0.05, 0) is 25.0 Å². The second kappa shape index (κ2) is 3.78. The highest BCUT2D eigenvalue weighted by Gasteiger charge is 2.46. The van der Waals surface area contributed by atoms with Crippen LogP contribution in [0.3, 0.4) is 0 Å². The van der Waals surface area contributed by atoms with Crippen molar-refractivity contribution in [2.75, 3.05) is 7.11 Å². The molecule has 0 radical (unpaired) electrons. The number of halogens is 4. The lowest BCUT2D eigenvalue weighted by Gasteiger charge is -2.17. The lowest BCUT2D eigenvalue weighted by Crippen LogP contribution is -2.11. The van der Waals surface area contributed by atoms with Gasteiger partial charge in [0.1, 0.15) is 5.75 Å². The summed E-state index contributed by atoms with van der Waals surface area (Å²) >= 11 is 5.80. The molecule has 0 unspecified atom stereocenters. The van der Waals surface area contributed by atoms with Gasteiger partial charge in [0.15, 0.2) is 0 Å². The van der Waals surface area contributed by atoms with Gasteiger partial charge in [-0.2, -0.15) is 13.2 Å². The van der Waals surface area contributed by atoms with E-state index in [9.17, 15) is 18.3 Å². The smallest absolute Gasteiger partial charge is 0.416 e. The topological polar surface area (TPSA) is 29.5 Å². The number of alkyl halides is 3. The van der Waals surface area contributed by atoms with Gasteiger partial charge < -0.3 is 9.84 Å². The first-order valence-electron chi connectivity index (χ1n) is 4.95. The zero-order valence-corrected chi connectivity index (χ0v) is 9.69. The zero-order valence-electron chi connectivity index (χ0n) is 8.94. The molecule has 17 heavy (non-hydrogen) atoms. The summed E-state index contributed by atoms with van der Waals surface area (Å²) in [6, 6.07) is 1.67. The molecule has 0 bridgehead atoms. The third-order valence-electron chi connectivity index (χ3n) is 2.79. The molecule has 2 rings (SSSR count). The van der Waals surface area contributed by atoms with Crippen molar-refractivity contribution in [2.45, 2.75) is 24.6 Å². The summed E-state index contributed by atoms with van der Waals surface area (Å²) in [4.78, 5) is 0. The fraction of sp³-hybridized carbons (Fsp3) is 0.455. The SMILES string of the molecule is COc1cc(C(F)(F)F)cc(Cl)c1C1(O)CC1. The van der Waals surface area contributed by atoms with Crippen LogP contribution >= 0.6 is 11.6 Å². The van der Waals surface area contributed by atoms with E-state index < -0.39 is 17.3 Å². The van der Waals surface area contributed by atoms with E-state index in [4.69, 9.17) is 16.3 Å². The Labute approximate surface area is 101 Å². The summed E-state index contributed by atoms with van der Waals surface area (Å²) in [6.07, 6.45) is -3.52. The van der Waals surface area contributed by atoms with Crippen molar-refractivity contribution in [2.24, 2.45) is 0 Å². The van der Waals surface area contributed by atoms with Gasteiger partial charge >= 0.3 is 6.18 Å². The normalized spacial score (nSPS) is 18.0. The lowest BCUT2D eigenvalue weighted by molar-refractivity contribution is -0.137. The van der Waals surface area contributed by atoms with Crippen LogP contribution in [-0.4, -0.2) is 12.2 Å². The molecule has 0 heterocycles. The molecule has 0 aliphatic heterocycles. The molecule has 0 spiro atoms. The first-order valence-corrected chi connectivity index (χ1v) is 5.33. The molecule has 1 aromatic rings. The van der Waals surface area contributed by atoms with E-state index >= 15 is 0 Å². The van der Waals surface area contributed by atoms with Crippen molar-refractivity contribution in [1.29, 1.82) is 0 Å². The molecule has 0 aromatic heterocycles. The van der Waals surface area contributed by atoms with E-state index in [1.807, 2.05) is 0 Å². The van der Waals surface area contributed by atoms with Crippen LogP contribution < -0.4 is 4.74 Å². The third kappa shape index (κ3) is 2.21. The summed E-state index contributed by atoms with van der Waals surface area (Å²) in [5, 5.41) is 9.83. The molecule has 0 atom stereocenters. The van der Waals surface area contributed by atoms with Gasteiger partial charge in [-0.1, -0.05) is 11.6 Å². The maximum Gasteiger partial charge on any atom is 0.416 e. The Morgan fingerprint density at radius 3 is 2.35 bits per heavy atom. The zero-order chi connectivity index (χ0) is 12.8. The first kappa shape index (κ1) is 12.5. The van der Waals surface area contributed by atoms with Crippen molar-refractivity contribution in [3.05, 3.63) is 28.3 Å². The van der Waals surface area contributed by atoms with Gasteiger partial charge in [-0.25, -0.2) is 0 Å². The van der Waals surface area contributed by atoms with Crippen LogP contribution in [0.25, 0.3) is 0 Å². The van der Waals surface area contributed by atoms with Crippen molar-refractivity contribution in [3.8, 4) is 5.75 Å². The molecule has 0 amide bonds. The van der Waals surface area contributed by atoms with Crippen LogP contribution in [0, 0.1) is 0 Å². The fourth-order valence-corrected chi connectivity index (χ4v) is 2.11. The predicted molar refractivity (Wildman–Crippen MR) is 56.1 cm³/mol. The highest BCUT2D eigenvalue weighted by Crippen LogP contribution is 2.52. The summed E-state index contributed by atoms with van der Waals surface area (Å²) in [7, 11) is 1.25. The minimum absolute atomic E-state index is 0.0233. The monoisotopic (exact) mass is 266 g/mol. The van der Waals surface area contributed by atoms with Crippen LogP contribution in [0.2, 0.25) is 5.02 Å². The second-order valence-corrected chi connectivity index (χ2v) is 4.47. The summed E-state index contributed by atoms with van der Waals surface area (Å²) in [5.74, 6) is -0.0233. The first-order chi connectivity index (χ1) is 7.78. The molecule has 1 aliphatic carbocycles. The van der Waals surface area contributed by atoms with Gasteiger partial charge in [0.2, 0.25) is 0 Å². The number of ether oxygens (including phenoxy) is 1. The number of aliphatic hydroxyl groups is 1. The Kier molecular flexibility index (Phi) is 2.78. The van der Waals surface area contributed by atoms with Gasteiger partial charge in [0, 0.05) is 5.56 Å². The fourth-order valence-electron chi connectivity index (χ4n) is 1.73. The van der Waals surface area contributed by atoms with Gasteiger partial charge in [0.25, 0.3) is 0 Å². The van der Waals surface area contributed by atoms with Crippen molar-refractivity contribution in [1.82, 2.24) is 0 Å². The average molecular weight is 267 g/mol. The molecule has 1 aromatic carbocycles. The Balaban J connectivity index is 2.56. The van der Waals surface area contributed by atoms with E-state index in [1.165, 1.54) is 7.11 Å². The average Bonchev–Trinajstić information content (AvgIpc) is 2.94. The van der Waals surface area contributed by atoms with Crippen LogP contribution in [0.4, 0.5) is 13.2 Å². The number of hydrogen-bond acceptors (Lipinski definition) is 2. The quantitative estimate of drug-likeness (QED) is 0.889. The Hall–Kier alpha value is -0.940. The highest BCUT2D eigenvalue weighted by atomic mass is 35.5. The number of hydrogen-bond donors (Lipinski definition) is 1. The highest BCUT2D eigenvalue weighted by molar-refractivity contribution is 6.31. The van der Waals surface area contributed by atoms with Crippen LogP contribution in [0.1, 0.15) is 24.0 Å². The Morgan fingerprint density at radius 2 is 1.94 bits per heavy atom. The third-order valence-corrected chi connectivity index (χ3v) is 3.09. The van der Waals surface area contributed by atoms with E-state index in [0.29, 0.717) is 12.8 Å². The van der Waals surface area contributed by atoms with E-state index in [2.05, 4.69) is 0 Å². The van der Waals surface area contributed by atoms with E-state index in [-0.39, 0.29) is 16.3 Å². The standard InChI is InChI=1S/C11H10ClF3O2/c1-17-8-5-6(11(13,14)15)4-7(12)9(8)10(16)2-3-10/h4-5,16H,2-3H2,1H3. The molecule has 2 nitrogen and oxygen atoms in total. The number of methoxy groups -OCH3 is 1. The molecule has 1 aliphatic rings. The Bertz CT molecular complexity index is 453. The molecule has 1 saturated carbocycles. The van der Waals surface area contributed by atoms with Crippen LogP contribution in [0.5, 0.6) is 5.75 Å². The number of benzene rings is 1. The molecular weight excluding hydrogens is 257 g/mol. The van der Waals surface area contributed by atoms with Crippen molar-refractivity contribution >= 4 is 11.6 Å². The molecule has 0 saturated heterocycles. The predicted octanol–water partition coefficient (Wildman–Crippen LogP) is 3.35. The lowest BCUT2D eigenvalue weighted by atomic mass is 10.0. The van der Waals surface area contributed by atoms with Gasteiger partial charge in [0.05, 0.1) is 23.3 Å². The second-order valence-electron chi connectivity index (χ2n) is 4.06. The summed E-state index contributed by atoms with van der Waals surface area (Å²) in [5.41, 5.74) is -1.77. The Morgan fingerprint density at radius 1 is 1.35 bits per heavy atom. The minimum atomic E-state index is -4.48. The minimum Gasteiger partial charge on any atom is -0.496 e. The van der Waals surface area contributed by atoms with Gasteiger partial charge in [-0.15, -0.1) is 0 Å². The molecule has 94 valence electrons. The van der Waals surface area contributed by atoms with Crippen LogP contribution in [-0.2, 0) is 11.8 Å². The molecule has 1 fully saturated rings. The maximum atomic E-state index is 12.6. The largest absolute Gasteiger partial charge is 0.496 e. The molecular formula is C11H10ClF3O2. The van der Waals surface area contributed by atoms with E-state index in [0.717, 1.165) is 12.1 Å². The summed E-state index contributed by atoms with van der Waals surface area (Å²) in [6.45, 7) is 0. The molecule has 1 N–H and O–H groups in total. The van der Waals surface area contributed by atoms with Crippen molar-refractivity contribution in [3.63, 3.8) is 0 Å².